The van der Waals surface area contributed by atoms with Crippen molar-refractivity contribution in [3.8, 4) is 0 Å². The van der Waals surface area contributed by atoms with Gasteiger partial charge in [-0.3, -0.25) is 9.59 Å². The molecule has 7 atom stereocenters. The zero-order valence-electron chi connectivity index (χ0n) is 18.1. The Hall–Kier alpha value is -1.43. The predicted octanol–water partition coefficient (Wildman–Crippen LogP) is 3.33. The molecule has 0 aromatic rings. The highest BCUT2D eigenvalue weighted by Gasteiger charge is 2.63. The summed E-state index contributed by atoms with van der Waals surface area (Å²) < 4.78 is 5.26. The first-order chi connectivity index (χ1) is 13.8. The van der Waals surface area contributed by atoms with Crippen molar-refractivity contribution in [3.05, 3.63) is 0 Å². The second-order valence-electron chi connectivity index (χ2n) is 10.3. The van der Waals surface area contributed by atoms with Crippen LogP contribution in [0.3, 0.4) is 0 Å². The third-order valence-electron chi connectivity index (χ3n) is 9.17. The first-order valence-electron chi connectivity index (χ1n) is 11.3. The molecule has 0 aliphatic heterocycles. The summed E-state index contributed by atoms with van der Waals surface area (Å²) in [4.78, 5) is 30.9. The summed E-state index contributed by atoms with van der Waals surface area (Å²) in [5.74, 6) is 1.89. The van der Waals surface area contributed by atoms with Crippen LogP contribution in [0.1, 0.15) is 65.2 Å². The third-order valence-corrected chi connectivity index (χ3v) is 9.17. The molecule has 4 aliphatic carbocycles. The van der Waals surface area contributed by atoms with E-state index in [1.165, 1.54) is 7.11 Å². The van der Waals surface area contributed by atoms with E-state index >= 15 is 0 Å². The molecule has 1 unspecified atom stereocenters. The average Bonchev–Trinajstić information content (AvgIpc) is 3.02. The molecule has 0 heterocycles. The van der Waals surface area contributed by atoms with E-state index in [0.717, 1.165) is 50.7 Å². The molecule has 4 aliphatic rings. The molecule has 0 aromatic carbocycles. The number of nitrogens with zero attached hydrogens (tertiary/aromatic N) is 1. The summed E-state index contributed by atoms with van der Waals surface area (Å²) in [7, 11) is 1.50. The monoisotopic (exact) mass is 404 g/mol. The van der Waals surface area contributed by atoms with E-state index in [1.54, 1.807) is 0 Å². The Morgan fingerprint density at radius 1 is 1.17 bits per heavy atom. The van der Waals surface area contributed by atoms with Crippen molar-refractivity contribution in [2.24, 2.45) is 51.3 Å². The molecule has 4 saturated carbocycles. The highest BCUT2D eigenvalue weighted by molar-refractivity contribution is 5.88. The molecule has 162 valence electrons. The lowest BCUT2D eigenvalue weighted by Crippen LogP contribution is -2.57. The number of rotatable bonds is 4. The fraction of sp³-hybridized carbons (Fsp3) is 0.870. The van der Waals surface area contributed by atoms with Gasteiger partial charge in [-0.2, -0.15) is 0 Å². The summed E-state index contributed by atoms with van der Waals surface area (Å²) >= 11 is 0. The second-order valence-corrected chi connectivity index (χ2v) is 10.3. The first kappa shape index (κ1) is 20.8. The third kappa shape index (κ3) is 3.22. The van der Waals surface area contributed by atoms with Gasteiger partial charge in [0, 0.05) is 18.4 Å². The number of nitrogens with two attached hydrogens (primary N) is 1. The number of esters is 1. The van der Waals surface area contributed by atoms with Crippen LogP contribution in [0.15, 0.2) is 5.16 Å². The van der Waals surface area contributed by atoms with Crippen LogP contribution in [0, 0.1) is 40.4 Å². The van der Waals surface area contributed by atoms with Crippen molar-refractivity contribution in [3.63, 3.8) is 0 Å². The molecule has 29 heavy (non-hydrogen) atoms. The number of carbonyl (C=O) groups is 2. The molecule has 0 saturated heterocycles. The van der Waals surface area contributed by atoms with Gasteiger partial charge in [0.15, 0.2) is 0 Å². The Bertz CT molecular complexity index is 707. The van der Waals surface area contributed by atoms with Crippen LogP contribution < -0.4 is 5.73 Å². The van der Waals surface area contributed by atoms with Gasteiger partial charge in [-0.15, -0.1) is 0 Å². The Kier molecular flexibility index (Phi) is 5.51. The summed E-state index contributed by atoms with van der Waals surface area (Å²) in [6.45, 7) is 5.45. The molecule has 0 bridgehead atoms. The van der Waals surface area contributed by atoms with Crippen molar-refractivity contribution in [1.82, 2.24) is 0 Å². The van der Waals surface area contributed by atoms with Crippen LogP contribution in [0.5, 0.6) is 0 Å². The maximum Gasteiger partial charge on any atom is 0.308 e. The van der Waals surface area contributed by atoms with E-state index in [4.69, 9.17) is 15.3 Å². The topological polar surface area (TPSA) is 91.0 Å². The van der Waals surface area contributed by atoms with Gasteiger partial charge in [0.25, 0.3) is 0 Å². The highest BCUT2D eigenvalue weighted by atomic mass is 16.6. The molecule has 2 N–H and O–H groups in total. The molecular formula is C23H36N2O4. The smallest absolute Gasteiger partial charge is 0.308 e. The average molecular weight is 405 g/mol. The highest BCUT2D eigenvalue weighted by Crippen LogP contribution is 2.66. The SMILES string of the molecule is COC(=O)[C@H]1C[C@@H]2[C@H](CC[C@]3(C)C(=O)CC[C@@H]23)[C@@]2(C)CC/C(=N/OCCN)CC12. The summed E-state index contributed by atoms with van der Waals surface area (Å²) in [5, 5.41) is 4.33. The largest absolute Gasteiger partial charge is 0.469 e. The lowest BCUT2D eigenvalue weighted by Gasteiger charge is -2.61. The van der Waals surface area contributed by atoms with Crippen LogP contribution >= 0.6 is 0 Å². The minimum absolute atomic E-state index is 0.0849. The fourth-order valence-electron chi connectivity index (χ4n) is 7.60. The van der Waals surface area contributed by atoms with Gasteiger partial charge >= 0.3 is 5.97 Å². The number of oxime groups is 1. The predicted molar refractivity (Wildman–Crippen MR) is 110 cm³/mol. The fourth-order valence-corrected chi connectivity index (χ4v) is 7.60. The van der Waals surface area contributed by atoms with Gasteiger partial charge in [-0.25, -0.2) is 0 Å². The van der Waals surface area contributed by atoms with E-state index in [-0.39, 0.29) is 28.6 Å². The van der Waals surface area contributed by atoms with Crippen molar-refractivity contribution >= 4 is 17.5 Å². The van der Waals surface area contributed by atoms with Crippen molar-refractivity contribution < 1.29 is 19.2 Å². The van der Waals surface area contributed by atoms with Gasteiger partial charge in [0.2, 0.25) is 0 Å². The zero-order chi connectivity index (χ0) is 20.8. The van der Waals surface area contributed by atoms with Gasteiger partial charge in [-0.05, 0) is 74.0 Å². The zero-order valence-corrected chi connectivity index (χ0v) is 18.1. The number of Topliss-reactive ketones (excluding diaryl/α,β-unsaturated/α-hetero) is 1. The lowest BCUT2D eigenvalue weighted by atomic mass is 9.43. The number of carbonyl (C=O) groups excluding carboxylic acids is 2. The Morgan fingerprint density at radius 2 is 1.97 bits per heavy atom. The van der Waals surface area contributed by atoms with E-state index in [2.05, 4.69) is 19.0 Å². The van der Waals surface area contributed by atoms with Crippen LogP contribution in [0.2, 0.25) is 0 Å². The number of ether oxygens (including phenoxy) is 1. The Labute approximate surface area is 173 Å². The molecule has 0 radical (unpaired) electrons. The quantitative estimate of drug-likeness (QED) is 0.441. The maximum atomic E-state index is 12.9. The minimum atomic E-state index is -0.178. The molecule has 0 aromatic heterocycles. The number of fused-ring (bicyclic) bond motifs is 5. The molecule has 6 heteroatoms. The van der Waals surface area contributed by atoms with Crippen LogP contribution in [-0.4, -0.2) is 37.7 Å². The lowest BCUT2D eigenvalue weighted by molar-refractivity contribution is -0.167. The summed E-state index contributed by atoms with van der Waals surface area (Å²) in [6, 6.07) is 0. The minimum Gasteiger partial charge on any atom is -0.469 e. The number of methoxy groups -OCH3 is 1. The van der Waals surface area contributed by atoms with Crippen LogP contribution in [0.25, 0.3) is 0 Å². The molecular weight excluding hydrogens is 368 g/mol. The normalized spacial score (nSPS) is 45.3. The molecule has 0 amide bonds. The second kappa shape index (κ2) is 7.68. The van der Waals surface area contributed by atoms with E-state index in [0.29, 0.717) is 43.1 Å². The molecule has 4 fully saturated rings. The maximum absolute atomic E-state index is 12.9. The van der Waals surface area contributed by atoms with Gasteiger partial charge in [-0.1, -0.05) is 19.0 Å². The number of hydrogen-bond acceptors (Lipinski definition) is 6. The summed E-state index contributed by atoms with van der Waals surface area (Å²) in [5.41, 5.74) is 6.46. The van der Waals surface area contributed by atoms with Crippen LogP contribution in [-0.2, 0) is 19.2 Å². The Balaban J connectivity index is 1.65. The van der Waals surface area contributed by atoms with E-state index < -0.39 is 0 Å². The molecule has 0 spiro atoms. The Morgan fingerprint density at radius 3 is 2.69 bits per heavy atom. The molecule has 6 nitrogen and oxygen atoms in total. The summed E-state index contributed by atoms with van der Waals surface area (Å²) in [6.07, 6.45) is 7.38. The van der Waals surface area contributed by atoms with Crippen molar-refractivity contribution in [1.29, 1.82) is 0 Å². The van der Waals surface area contributed by atoms with Gasteiger partial charge in [0.1, 0.15) is 12.4 Å². The van der Waals surface area contributed by atoms with Gasteiger partial charge in [0.05, 0.1) is 18.7 Å². The standard InChI is InChI=1S/C23H36N2O4/c1-22-8-6-14(25-29-11-10-24)12-19(22)16(21(27)28-3)13-15-17-4-5-20(26)23(17,2)9-7-18(15)22/h15-19H,4-13,24H2,1-3H3/b25-14-/t15-,16-,17-,18-,19?,22+,23-/m0/s1. The van der Waals surface area contributed by atoms with E-state index in [1.807, 2.05) is 0 Å². The first-order valence-corrected chi connectivity index (χ1v) is 11.3. The van der Waals surface area contributed by atoms with Crippen molar-refractivity contribution in [2.45, 2.75) is 65.2 Å². The number of hydrogen-bond donors (Lipinski definition) is 1. The number of ketones is 1. The van der Waals surface area contributed by atoms with E-state index in [9.17, 15) is 9.59 Å². The van der Waals surface area contributed by atoms with Gasteiger partial charge < -0.3 is 15.3 Å². The molecule has 4 rings (SSSR count). The van der Waals surface area contributed by atoms with Crippen molar-refractivity contribution in [2.75, 3.05) is 20.3 Å². The van der Waals surface area contributed by atoms with Crippen LogP contribution in [0.4, 0.5) is 0 Å².